The van der Waals surface area contributed by atoms with Crippen LogP contribution in [0.15, 0.2) is 12.1 Å². The molecule has 19 heavy (non-hydrogen) atoms. The number of aromatic nitrogens is 2. The van der Waals surface area contributed by atoms with E-state index in [4.69, 9.17) is 5.73 Å². The molecule has 1 heterocycles. The van der Waals surface area contributed by atoms with Gasteiger partial charge in [-0.3, -0.25) is 0 Å². The smallest absolute Gasteiger partial charge is 0.151 e. The minimum absolute atomic E-state index is 0.393. The Bertz CT molecular complexity index is 380. The van der Waals surface area contributed by atoms with Gasteiger partial charge in [0, 0.05) is 19.1 Å². The molecule has 0 spiro atoms. The van der Waals surface area contributed by atoms with Crippen LogP contribution in [0.25, 0.3) is 0 Å². The SMILES string of the molecule is CC(C)Cc1ccc(N(C)C2CCC(N)CC2)nn1. The van der Waals surface area contributed by atoms with Gasteiger partial charge in [0.05, 0.1) is 5.69 Å². The summed E-state index contributed by atoms with van der Waals surface area (Å²) in [6.45, 7) is 4.40. The van der Waals surface area contributed by atoms with Gasteiger partial charge >= 0.3 is 0 Å². The van der Waals surface area contributed by atoms with Gasteiger partial charge in [0.1, 0.15) is 0 Å². The van der Waals surface area contributed by atoms with Crippen LogP contribution in [0.4, 0.5) is 5.82 Å². The molecule has 4 heteroatoms. The molecule has 0 radical (unpaired) electrons. The van der Waals surface area contributed by atoms with E-state index in [-0.39, 0.29) is 0 Å². The summed E-state index contributed by atoms with van der Waals surface area (Å²) in [5.74, 6) is 1.60. The molecule has 1 aliphatic rings. The van der Waals surface area contributed by atoms with Gasteiger partial charge in [-0.25, -0.2) is 0 Å². The van der Waals surface area contributed by atoms with E-state index in [0.29, 0.717) is 18.0 Å². The number of hydrogen-bond acceptors (Lipinski definition) is 4. The normalized spacial score (nSPS) is 23.6. The van der Waals surface area contributed by atoms with Crippen LogP contribution >= 0.6 is 0 Å². The number of anilines is 1. The highest BCUT2D eigenvalue weighted by molar-refractivity contribution is 5.37. The second-order valence-electron chi connectivity index (χ2n) is 6.16. The van der Waals surface area contributed by atoms with E-state index in [9.17, 15) is 0 Å². The minimum atomic E-state index is 0.393. The van der Waals surface area contributed by atoms with Gasteiger partial charge in [-0.15, -0.1) is 5.10 Å². The fourth-order valence-corrected chi connectivity index (χ4v) is 2.74. The van der Waals surface area contributed by atoms with Crippen molar-refractivity contribution in [3.63, 3.8) is 0 Å². The Morgan fingerprint density at radius 2 is 1.89 bits per heavy atom. The molecule has 0 unspecified atom stereocenters. The van der Waals surface area contributed by atoms with Gasteiger partial charge in [0.2, 0.25) is 0 Å². The zero-order valence-electron chi connectivity index (χ0n) is 12.3. The zero-order valence-corrected chi connectivity index (χ0v) is 12.3. The predicted octanol–water partition coefficient (Wildman–Crippen LogP) is 2.38. The van der Waals surface area contributed by atoms with Crippen molar-refractivity contribution >= 4 is 5.82 Å². The first-order valence-electron chi connectivity index (χ1n) is 7.37. The van der Waals surface area contributed by atoms with Crippen molar-refractivity contribution in [2.45, 2.75) is 58.0 Å². The summed E-state index contributed by atoms with van der Waals surface area (Å²) in [5.41, 5.74) is 7.04. The number of rotatable bonds is 4. The maximum absolute atomic E-state index is 5.96. The van der Waals surface area contributed by atoms with Crippen LogP contribution in [0.1, 0.15) is 45.2 Å². The summed E-state index contributed by atoms with van der Waals surface area (Å²) in [5, 5.41) is 8.70. The third kappa shape index (κ3) is 3.90. The van der Waals surface area contributed by atoms with Crippen molar-refractivity contribution in [2.24, 2.45) is 11.7 Å². The molecule has 4 nitrogen and oxygen atoms in total. The highest BCUT2D eigenvalue weighted by Gasteiger charge is 2.22. The van der Waals surface area contributed by atoms with Crippen molar-refractivity contribution in [1.82, 2.24) is 10.2 Å². The van der Waals surface area contributed by atoms with E-state index in [1.165, 1.54) is 0 Å². The fraction of sp³-hybridized carbons (Fsp3) is 0.733. The minimum Gasteiger partial charge on any atom is -0.355 e. The molecule has 1 aliphatic carbocycles. The molecule has 0 amide bonds. The summed E-state index contributed by atoms with van der Waals surface area (Å²) >= 11 is 0. The van der Waals surface area contributed by atoms with E-state index in [2.05, 4.69) is 48.1 Å². The third-order valence-electron chi connectivity index (χ3n) is 3.97. The summed E-state index contributed by atoms with van der Waals surface area (Å²) in [6, 6.07) is 5.15. The zero-order chi connectivity index (χ0) is 13.8. The first-order valence-corrected chi connectivity index (χ1v) is 7.37. The number of hydrogen-bond donors (Lipinski definition) is 1. The summed E-state index contributed by atoms with van der Waals surface area (Å²) in [6.07, 6.45) is 5.55. The van der Waals surface area contributed by atoms with Gasteiger partial charge in [-0.1, -0.05) is 13.8 Å². The molecule has 2 N–H and O–H groups in total. The lowest BCUT2D eigenvalue weighted by atomic mass is 9.91. The van der Waals surface area contributed by atoms with Crippen molar-refractivity contribution in [3.05, 3.63) is 17.8 Å². The largest absolute Gasteiger partial charge is 0.355 e. The van der Waals surface area contributed by atoms with Crippen LogP contribution in [-0.2, 0) is 6.42 Å². The van der Waals surface area contributed by atoms with Crippen LogP contribution in [0.5, 0.6) is 0 Å². The summed E-state index contributed by atoms with van der Waals surface area (Å²) in [4.78, 5) is 2.26. The third-order valence-corrected chi connectivity index (χ3v) is 3.97. The Labute approximate surface area is 116 Å². The molecular weight excluding hydrogens is 236 g/mol. The maximum atomic E-state index is 5.96. The molecule has 1 aromatic heterocycles. The maximum Gasteiger partial charge on any atom is 0.151 e. The predicted molar refractivity (Wildman–Crippen MR) is 79.2 cm³/mol. The molecule has 106 valence electrons. The lowest BCUT2D eigenvalue weighted by Crippen LogP contribution is -2.39. The van der Waals surface area contributed by atoms with Crippen molar-refractivity contribution < 1.29 is 0 Å². The quantitative estimate of drug-likeness (QED) is 0.905. The van der Waals surface area contributed by atoms with Crippen molar-refractivity contribution in [3.8, 4) is 0 Å². The standard InChI is InChI=1S/C15H26N4/c1-11(2)10-13-6-9-15(18-17-13)19(3)14-7-4-12(16)5-8-14/h6,9,11-12,14H,4-5,7-8,10,16H2,1-3H3. The van der Waals surface area contributed by atoms with E-state index < -0.39 is 0 Å². The Kier molecular flexibility index (Phi) is 4.75. The Morgan fingerprint density at radius 3 is 2.42 bits per heavy atom. The average Bonchev–Trinajstić information content (AvgIpc) is 2.39. The monoisotopic (exact) mass is 262 g/mol. The van der Waals surface area contributed by atoms with Gasteiger partial charge in [0.25, 0.3) is 0 Å². The molecule has 0 bridgehead atoms. The highest BCUT2D eigenvalue weighted by atomic mass is 15.3. The molecule has 1 fully saturated rings. The van der Waals surface area contributed by atoms with E-state index >= 15 is 0 Å². The van der Waals surface area contributed by atoms with E-state index in [0.717, 1.165) is 43.6 Å². The molecule has 0 saturated heterocycles. The van der Waals surface area contributed by atoms with Crippen molar-refractivity contribution in [1.29, 1.82) is 0 Å². The van der Waals surface area contributed by atoms with Gasteiger partial charge in [0.15, 0.2) is 5.82 Å². The molecule has 0 aliphatic heterocycles. The topological polar surface area (TPSA) is 55.0 Å². The van der Waals surface area contributed by atoms with Crippen LogP contribution < -0.4 is 10.6 Å². The van der Waals surface area contributed by atoms with Crippen LogP contribution in [0.3, 0.4) is 0 Å². The lowest BCUT2D eigenvalue weighted by Gasteiger charge is -2.33. The highest BCUT2D eigenvalue weighted by Crippen LogP contribution is 2.24. The van der Waals surface area contributed by atoms with Gasteiger partial charge in [-0.2, -0.15) is 5.10 Å². The second kappa shape index (κ2) is 6.33. The van der Waals surface area contributed by atoms with E-state index in [1.807, 2.05) is 0 Å². The van der Waals surface area contributed by atoms with Crippen molar-refractivity contribution in [2.75, 3.05) is 11.9 Å². The number of nitrogens with zero attached hydrogens (tertiary/aromatic N) is 3. The molecular formula is C15H26N4. The Balaban J connectivity index is 1.97. The molecule has 0 aromatic carbocycles. The fourth-order valence-electron chi connectivity index (χ4n) is 2.74. The Hall–Kier alpha value is -1.16. The van der Waals surface area contributed by atoms with Crippen LogP contribution in [-0.4, -0.2) is 29.3 Å². The van der Waals surface area contributed by atoms with E-state index in [1.54, 1.807) is 0 Å². The molecule has 0 atom stereocenters. The average molecular weight is 262 g/mol. The molecule has 1 saturated carbocycles. The van der Waals surface area contributed by atoms with Crippen LogP contribution in [0, 0.1) is 5.92 Å². The van der Waals surface area contributed by atoms with Crippen LogP contribution in [0.2, 0.25) is 0 Å². The summed E-state index contributed by atoms with van der Waals surface area (Å²) in [7, 11) is 2.12. The first kappa shape index (κ1) is 14.3. The van der Waals surface area contributed by atoms with Gasteiger partial charge in [-0.05, 0) is 50.2 Å². The second-order valence-corrected chi connectivity index (χ2v) is 6.16. The summed E-state index contributed by atoms with van der Waals surface area (Å²) < 4.78 is 0. The number of nitrogens with two attached hydrogens (primary N) is 1. The lowest BCUT2D eigenvalue weighted by molar-refractivity contribution is 0.383. The molecule has 1 aromatic rings. The van der Waals surface area contributed by atoms with Gasteiger partial charge < -0.3 is 10.6 Å². The Morgan fingerprint density at radius 1 is 1.21 bits per heavy atom. The first-order chi connectivity index (χ1) is 9.06. The molecule has 2 rings (SSSR count).